The second-order valence-electron chi connectivity index (χ2n) is 3.42. The molecule has 0 saturated heterocycles. The van der Waals surface area contributed by atoms with Gasteiger partial charge in [-0.25, -0.2) is 0 Å². The number of unbranched alkanes of at least 4 members (excludes halogenated alkanes) is 2. The van der Waals surface area contributed by atoms with E-state index in [2.05, 4.69) is 27.5 Å². The summed E-state index contributed by atoms with van der Waals surface area (Å²) >= 11 is 0. The van der Waals surface area contributed by atoms with Gasteiger partial charge in [0.1, 0.15) is 6.61 Å². The summed E-state index contributed by atoms with van der Waals surface area (Å²) in [7, 11) is 1.59. The summed E-state index contributed by atoms with van der Waals surface area (Å²) in [5, 5.41) is 13.1. The van der Waals surface area contributed by atoms with Crippen molar-refractivity contribution in [3.63, 3.8) is 0 Å². The summed E-state index contributed by atoms with van der Waals surface area (Å²) in [5.74, 6) is 0.0695. The Labute approximate surface area is 94.2 Å². The monoisotopic (exact) mass is 227 g/mol. The van der Waals surface area contributed by atoms with Crippen molar-refractivity contribution in [1.29, 1.82) is 0 Å². The highest BCUT2D eigenvalue weighted by Gasteiger charge is 2.14. The molecule has 1 N–H and O–H groups in total. The van der Waals surface area contributed by atoms with Gasteiger partial charge >= 0.3 is 0 Å². The quantitative estimate of drug-likeness (QED) is 0.680. The first-order valence-electron chi connectivity index (χ1n) is 5.33. The molecule has 90 valence electrons. The summed E-state index contributed by atoms with van der Waals surface area (Å²) in [5.41, 5.74) is 0. The van der Waals surface area contributed by atoms with Crippen LogP contribution in [0.4, 0.5) is 5.95 Å². The van der Waals surface area contributed by atoms with E-state index < -0.39 is 0 Å². The fourth-order valence-corrected chi connectivity index (χ4v) is 1.12. The Morgan fingerprint density at radius 2 is 2.31 bits per heavy atom. The Morgan fingerprint density at radius 3 is 2.94 bits per heavy atom. The van der Waals surface area contributed by atoms with E-state index in [4.69, 9.17) is 4.74 Å². The van der Waals surface area contributed by atoms with Crippen LogP contribution in [0.2, 0.25) is 0 Å². The SMILES string of the molecule is CCCCCOCC(=O)N(C)c1nn[nH]n1. The standard InChI is InChI=1S/C9H17N5O2/c1-3-4-5-6-16-7-8(15)14(2)9-10-12-13-11-9/h3-7H2,1-2H3,(H,10,11,12,13). The molecule has 1 aromatic heterocycles. The van der Waals surface area contributed by atoms with Crippen molar-refractivity contribution in [3.05, 3.63) is 0 Å². The van der Waals surface area contributed by atoms with Crippen LogP contribution in [0.3, 0.4) is 0 Å². The number of hydrogen-bond acceptors (Lipinski definition) is 5. The average Bonchev–Trinajstić information content (AvgIpc) is 2.81. The summed E-state index contributed by atoms with van der Waals surface area (Å²) in [6.45, 7) is 2.78. The van der Waals surface area contributed by atoms with Crippen LogP contribution in [0.15, 0.2) is 0 Å². The van der Waals surface area contributed by atoms with Gasteiger partial charge in [-0.3, -0.25) is 9.69 Å². The molecule has 7 nitrogen and oxygen atoms in total. The first-order chi connectivity index (χ1) is 7.75. The summed E-state index contributed by atoms with van der Waals surface area (Å²) < 4.78 is 5.24. The second kappa shape index (κ2) is 6.89. The Bertz CT molecular complexity index is 301. The number of tetrazole rings is 1. The highest BCUT2D eigenvalue weighted by molar-refractivity contribution is 5.91. The zero-order valence-corrected chi connectivity index (χ0v) is 9.64. The van der Waals surface area contributed by atoms with Crippen molar-refractivity contribution in [2.24, 2.45) is 0 Å². The van der Waals surface area contributed by atoms with Crippen LogP contribution in [0.25, 0.3) is 0 Å². The molecule has 1 heterocycles. The molecule has 0 spiro atoms. The number of aromatic amines is 1. The molecule has 16 heavy (non-hydrogen) atoms. The predicted octanol–water partition coefficient (Wildman–Crippen LogP) is 0.369. The van der Waals surface area contributed by atoms with Crippen molar-refractivity contribution < 1.29 is 9.53 Å². The van der Waals surface area contributed by atoms with E-state index in [1.54, 1.807) is 7.05 Å². The number of amides is 1. The molecule has 0 aliphatic heterocycles. The summed E-state index contributed by atoms with van der Waals surface area (Å²) in [6.07, 6.45) is 3.24. The number of hydrogen-bond donors (Lipinski definition) is 1. The van der Waals surface area contributed by atoms with Crippen molar-refractivity contribution in [1.82, 2.24) is 20.6 Å². The molecule has 1 rings (SSSR count). The molecule has 0 unspecified atom stereocenters. The first kappa shape index (κ1) is 12.6. The van der Waals surface area contributed by atoms with E-state index in [-0.39, 0.29) is 18.5 Å². The number of likely N-dealkylation sites (N-methyl/N-ethyl adjacent to an activating group) is 1. The normalized spacial score (nSPS) is 10.4. The van der Waals surface area contributed by atoms with Crippen molar-refractivity contribution in [2.45, 2.75) is 26.2 Å². The summed E-state index contributed by atoms with van der Waals surface area (Å²) in [6, 6.07) is 0. The molecular formula is C9H17N5O2. The van der Waals surface area contributed by atoms with Crippen LogP contribution < -0.4 is 4.90 Å². The van der Waals surface area contributed by atoms with Gasteiger partial charge in [-0.2, -0.15) is 5.21 Å². The van der Waals surface area contributed by atoms with E-state index in [1.165, 1.54) is 4.90 Å². The lowest BCUT2D eigenvalue weighted by Crippen LogP contribution is -2.31. The minimum Gasteiger partial charge on any atom is -0.372 e. The lowest BCUT2D eigenvalue weighted by Gasteiger charge is -2.11. The Kier molecular flexibility index (Phi) is 5.41. The smallest absolute Gasteiger partial charge is 0.272 e. The van der Waals surface area contributed by atoms with Crippen LogP contribution in [-0.4, -0.2) is 46.8 Å². The number of H-pyrrole nitrogens is 1. The number of carbonyl (C=O) groups excluding carboxylic acids is 1. The maximum Gasteiger partial charge on any atom is 0.272 e. The van der Waals surface area contributed by atoms with E-state index in [0.29, 0.717) is 6.61 Å². The number of anilines is 1. The zero-order valence-electron chi connectivity index (χ0n) is 9.64. The van der Waals surface area contributed by atoms with Crippen molar-refractivity contribution in [3.8, 4) is 0 Å². The van der Waals surface area contributed by atoms with Crippen molar-refractivity contribution >= 4 is 11.9 Å². The van der Waals surface area contributed by atoms with Gasteiger partial charge in [0.2, 0.25) is 0 Å². The fourth-order valence-electron chi connectivity index (χ4n) is 1.12. The lowest BCUT2D eigenvalue weighted by atomic mass is 10.3. The number of nitrogens with zero attached hydrogens (tertiary/aromatic N) is 4. The number of rotatable bonds is 7. The van der Waals surface area contributed by atoms with Crippen LogP contribution in [0.5, 0.6) is 0 Å². The minimum atomic E-state index is -0.183. The van der Waals surface area contributed by atoms with E-state index in [0.717, 1.165) is 19.3 Å². The second-order valence-corrected chi connectivity index (χ2v) is 3.42. The minimum absolute atomic E-state index is 0.0504. The molecule has 0 saturated carbocycles. The van der Waals surface area contributed by atoms with Crippen LogP contribution in [-0.2, 0) is 9.53 Å². The number of aromatic nitrogens is 4. The van der Waals surface area contributed by atoms with E-state index in [1.807, 2.05) is 0 Å². The molecule has 0 fully saturated rings. The first-order valence-corrected chi connectivity index (χ1v) is 5.33. The third-order valence-electron chi connectivity index (χ3n) is 2.13. The summed E-state index contributed by atoms with van der Waals surface area (Å²) in [4.78, 5) is 12.9. The van der Waals surface area contributed by atoms with Crippen LogP contribution in [0.1, 0.15) is 26.2 Å². The van der Waals surface area contributed by atoms with Gasteiger partial charge in [0, 0.05) is 13.7 Å². The third kappa shape index (κ3) is 3.93. The highest BCUT2D eigenvalue weighted by atomic mass is 16.5. The largest absolute Gasteiger partial charge is 0.372 e. The molecule has 0 aliphatic carbocycles. The van der Waals surface area contributed by atoms with Crippen molar-refractivity contribution in [2.75, 3.05) is 25.2 Å². The van der Waals surface area contributed by atoms with Gasteiger partial charge in [0.05, 0.1) is 0 Å². The van der Waals surface area contributed by atoms with Gasteiger partial charge < -0.3 is 4.74 Å². The van der Waals surface area contributed by atoms with E-state index in [9.17, 15) is 4.79 Å². The average molecular weight is 227 g/mol. The molecule has 1 amide bonds. The van der Waals surface area contributed by atoms with Gasteiger partial charge in [0.25, 0.3) is 11.9 Å². The molecule has 7 heteroatoms. The Balaban J connectivity index is 2.20. The maximum absolute atomic E-state index is 11.6. The molecule has 0 radical (unpaired) electrons. The number of carbonyl (C=O) groups is 1. The van der Waals surface area contributed by atoms with Gasteiger partial charge in [-0.15, -0.1) is 5.10 Å². The Morgan fingerprint density at radius 1 is 1.50 bits per heavy atom. The van der Waals surface area contributed by atoms with E-state index >= 15 is 0 Å². The van der Waals surface area contributed by atoms with Crippen LogP contribution in [0, 0.1) is 0 Å². The molecule has 0 aliphatic rings. The third-order valence-corrected chi connectivity index (χ3v) is 2.13. The van der Waals surface area contributed by atoms with Crippen LogP contribution >= 0.6 is 0 Å². The molecule has 0 aromatic carbocycles. The predicted molar refractivity (Wildman–Crippen MR) is 57.9 cm³/mol. The maximum atomic E-state index is 11.6. The lowest BCUT2D eigenvalue weighted by molar-refractivity contribution is -0.122. The molecular weight excluding hydrogens is 210 g/mol. The molecule has 0 bridgehead atoms. The van der Waals surface area contributed by atoms with Gasteiger partial charge in [-0.1, -0.05) is 24.9 Å². The zero-order chi connectivity index (χ0) is 11.8. The Hall–Kier alpha value is -1.50. The number of ether oxygens (including phenoxy) is 1. The highest BCUT2D eigenvalue weighted by Crippen LogP contribution is 2.00. The topological polar surface area (TPSA) is 84.0 Å². The number of nitrogens with one attached hydrogen (secondary N) is 1. The van der Waals surface area contributed by atoms with Gasteiger partial charge in [-0.05, 0) is 11.6 Å². The van der Waals surface area contributed by atoms with Gasteiger partial charge in [0.15, 0.2) is 0 Å². The fraction of sp³-hybridized carbons (Fsp3) is 0.778. The molecule has 1 aromatic rings. The molecule has 0 atom stereocenters.